The van der Waals surface area contributed by atoms with Crippen molar-refractivity contribution in [3.05, 3.63) is 0 Å². The van der Waals surface area contributed by atoms with E-state index in [9.17, 15) is 5.11 Å². The van der Waals surface area contributed by atoms with E-state index in [4.69, 9.17) is 5.11 Å². The first-order valence-electron chi connectivity index (χ1n) is 5.59. The van der Waals surface area contributed by atoms with Crippen molar-refractivity contribution in [2.45, 2.75) is 51.4 Å². The maximum atomic E-state index is 9.54. The highest BCUT2D eigenvalue weighted by Crippen LogP contribution is 2.40. The highest BCUT2D eigenvalue weighted by Gasteiger charge is 2.47. The topological polar surface area (TPSA) is 52.5 Å². The van der Waals surface area contributed by atoms with Crippen LogP contribution in [0.3, 0.4) is 0 Å². The Bertz CT molecular complexity index is 211. The molecule has 2 fully saturated rings. The third-order valence-electron chi connectivity index (χ3n) is 4.08. The van der Waals surface area contributed by atoms with E-state index in [2.05, 4.69) is 19.2 Å². The summed E-state index contributed by atoms with van der Waals surface area (Å²) in [4.78, 5) is 0. The lowest BCUT2D eigenvalue weighted by Gasteiger charge is -2.50. The van der Waals surface area contributed by atoms with Gasteiger partial charge in [0.25, 0.3) is 0 Å². The third-order valence-corrected chi connectivity index (χ3v) is 4.08. The Hall–Kier alpha value is -0.120. The van der Waals surface area contributed by atoms with E-state index in [0.29, 0.717) is 12.0 Å². The molecule has 14 heavy (non-hydrogen) atoms. The summed E-state index contributed by atoms with van der Waals surface area (Å²) in [6, 6.07) is 0.454. The molecular weight excluding hydrogens is 178 g/mol. The van der Waals surface area contributed by atoms with Gasteiger partial charge in [0.1, 0.15) is 0 Å². The molecule has 0 amide bonds. The van der Waals surface area contributed by atoms with Gasteiger partial charge in [0.2, 0.25) is 0 Å². The van der Waals surface area contributed by atoms with Gasteiger partial charge in [-0.1, -0.05) is 13.8 Å². The van der Waals surface area contributed by atoms with Crippen molar-refractivity contribution in [3.63, 3.8) is 0 Å². The molecular formula is C11H21NO2. The molecule has 3 nitrogen and oxygen atoms in total. The van der Waals surface area contributed by atoms with Gasteiger partial charge in [-0.25, -0.2) is 0 Å². The van der Waals surface area contributed by atoms with E-state index in [1.807, 2.05) is 0 Å². The maximum absolute atomic E-state index is 9.54. The molecule has 2 aliphatic carbocycles. The molecule has 82 valence electrons. The molecule has 0 spiro atoms. The molecule has 0 saturated heterocycles. The number of rotatable bonds is 3. The first-order chi connectivity index (χ1) is 6.50. The molecule has 0 aromatic rings. The molecule has 2 unspecified atom stereocenters. The van der Waals surface area contributed by atoms with E-state index in [1.54, 1.807) is 0 Å². The monoisotopic (exact) mass is 199 g/mol. The second-order valence-electron chi connectivity index (χ2n) is 5.52. The summed E-state index contributed by atoms with van der Waals surface area (Å²) < 4.78 is 0. The van der Waals surface area contributed by atoms with Crippen LogP contribution in [0.4, 0.5) is 0 Å². The standard InChI is InChI=1S/C11H21NO2/c1-11(2)9(5-10(11)14)12-6-7-3-8(13)4-7/h7-10,12-14H,3-6H2,1-2H3. The second-order valence-corrected chi connectivity index (χ2v) is 5.52. The van der Waals surface area contributed by atoms with E-state index in [0.717, 1.165) is 25.8 Å². The molecule has 2 saturated carbocycles. The summed E-state index contributed by atoms with van der Waals surface area (Å²) >= 11 is 0. The Labute approximate surface area is 85.5 Å². The van der Waals surface area contributed by atoms with Crippen LogP contribution in [0.2, 0.25) is 0 Å². The van der Waals surface area contributed by atoms with Gasteiger partial charge in [0.05, 0.1) is 12.2 Å². The fourth-order valence-corrected chi connectivity index (χ4v) is 2.42. The number of nitrogens with one attached hydrogen (secondary N) is 1. The van der Waals surface area contributed by atoms with Gasteiger partial charge in [-0.15, -0.1) is 0 Å². The normalized spacial score (nSPS) is 45.4. The van der Waals surface area contributed by atoms with Crippen molar-refractivity contribution in [1.29, 1.82) is 0 Å². The van der Waals surface area contributed by atoms with Gasteiger partial charge in [-0.3, -0.25) is 0 Å². The van der Waals surface area contributed by atoms with Crippen molar-refractivity contribution >= 4 is 0 Å². The fourth-order valence-electron chi connectivity index (χ4n) is 2.42. The SMILES string of the molecule is CC1(C)C(O)CC1NCC1CC(O)C1. The summed E-state index contributed by atoms with van der Waals surface area (Å²) in [6.07, 6.45) is 2.57. The molecule has 0 aromatic heterocycles. The van der Waals surface area contributed by atoms with Crippen molar-refractivity contribution in [1.82, 2.24) is 5.32 Å². The summed E-state index contributed by atoms with van der Waals surface area (Å²) in [6.45, 7) is 5.21. The summed E-state index contributed by atoms with van der Waals surface area (Å²) in [7, 11) is 0. The molecule has 0 heterocycles. The average Bonchev–Trinajstić information content (AvgIpc) is 2.08. The highest BCUT2D eigenvalue weighted by molar-refractivity contribution is 5.02. The summed E-state index contributed by atoms with van der Waals surface area (Å²) in [5.74, 6) is 0.651. The molecule has 0 aliphatic heterocycles. The number of aliphatic hydroxyl groups excluding tert-OH is 2. The van der Waals surface area contributed by atoms with E-state index in [1.165, 1.54) is 0 Å². The van der Waals surface area contributed by atoms with Gasteiger partial charge in [-0.2, -0.15) is 0 Å². The fraction of sp³-hybridized carbons (Fsp3) is 1.00. The zero-order chi connectivity index (χ0) is 10.3. The van der Waals surface area contributed by atoms with E-state index < -0.39 is 0 Å². The van der Waals surface area contributed by atoms with Crippen LogP contribution < -0.4 is 5.32 Å². The van der Waals surface area contributed by atoms with Crippen LogP contribution in [0.25, 0.3) is 0 Å². The Morgan fingerprint density at radius 2 is 1.86 bits per heavy atom. The smallest absolute Gasteiger partial charge is 0.0621 e. The highest BCUT2D eigenvalue weighted by atomic mass is 16.3. The van der Waals surface area contributed by atoms with Crippen LogP contribution in [0, 0.1) is 11.3 Å². The molecule has 3 heteroatoms. The molecule has 0 radical (unpaired) electrons. The van der Waals surface area contributed by atoms with Gasteiger partial charge >= 0.3 is 0 Å². The molecule has 2 atom stereocenters. The van der Waals surface area contributed by atoms with Crippen molar-refractivity contribution in [3.8, 4) is 0 Å². The van der Waals surface area contributed by atoms with Crippen LogP contribution in [0.5, 0.6) is 0 Å². The lowest BCUT2D eigenvalue weighted by molar-refractivity contribution is -0.0760. The lowest BCUT2D eigenvalue weighted by Crippen LogP contribution is -2.61. The first kappa shape index (κ1) is 10.4. The zero-order valence-corrected chi connectivity index (χ0v) is 9.03. The van der Waals surface area contributed by atoms with Crippen LogP contribution in [0.15, 0.2) is 0 Å². The average molecular weight is 199 g/mol. The minimum Gasteiger partial charge on any atom is -0.393 e. The van der Waals surface area contributed by atoms with Crippen molar-refractivity contribution in [2.24, 2.45) is 11.3 Å². The lowest BCUT2D eigenvalue weighted by atomic mass is 9.64. The molecule has 0 bridgehead atoms. The Balaban J connectivity index is 1.67. The van der Waals surface area contributed by atoms with Crippen LogP contribution in [-0.4, -0.2) is 35.0 Å². The van der Waals surface area contributed by atoms with Crippen LogP contribution >= 0.6 is 0 Å². The quantitative estimate of drug-likeness (QED) is 0.620. The molecule has 2 aliphatic rings. The van der Waals surface area contributed by atoms with E-state index >= 15 is 0 Å². The zero-order valence-electron chi connectivity index (χ0n) is 9.03. The Morgan fingerprint density at radius 3 is 2.29 bits per heavy atom. The Kier molecular flexibility index (Phi) is 2.58. The Morgan fingerprint density at radius 1 is 1.21 bits per heavy atom. The van der Waals surface area contributed by atoms with Crippen molar-refractivity contribution < 1.29 is 10.2 Å². The maximum Gasteiger partial charge on any atom is 0.0621 e. The molecule has 0 aromatic carbocycles. The minimum atomic E-state index is -0.146. The van der Waals surface area contributed by atoms with Gasteiger partial charge in [-0.05, 0) is 31.7 Å². The molecule has 3 N–H and O–H groups in total. The third kappa shape index (κ3) is 1.69. The second kappa shape index (κ2) is 3.47. The van der Waals surface area contributed by atoms with E-state index in [-0.39, 0.29) is 17.6 Å². The number of hydrogen-bond donors (Lipinski definition) is 3. The predicted octanol–water partition coefficient (Wildman–Crippen LogP) is 0.506. The van der Waals surface area contributed by atoms with Gasteiger partial charge < -0.3 is 15.5 Å². The first-order valence-corrected chi connectivity index (χ1v) is 5.59. The number of aliphatic hydroxyl groups is 2. The van der Waals surface area contributed by atoms with Crippen molar-refractivity contribution in [2.75, 3.05) is 6.54 Å². The number of hydrogen-bond acceptors (Lipinski definition) is 3. The minimum absolute atomic E-state index is 0.0301. The van der Waals surface area contributed by atoms with Gasteiger partial charge in [0.15, 0.2) is 0 Å². The molecule has 2 rings (SSSR count). The summed E-state index contributed by atoms with van der Waals surface area (Å²) in [5.41, 5.74) is 0.0301. The predicted molar refractivity (Wildman–Crippen MR) is 54.9 cm³/mol. The van der Waals surface area contributed by atoms with Gasteiger partial charge in [0, 0.05) is 11.5 Å². The summed E-state index contributed by atoms with van der Waals surface area (Å²) in [5, 5.41) is 22.2. The van der Waals surface area contributed by atoms with Crippen LogP contribution in [-0.2, 0) is 0 Å². The largest absolute Gasteiger partial charge is 0.393 e. The van der Waals surface area contributed by atoms with Crippen LogP contribution in [0.1, 0.15) is 33.1 Å².